The number of quaternary nitrogens is 1. The third kappa shape index (κ3) is 2.85. The van der Waals surface area contributed by atoms with Crippen LogP contribution in [0.1, 0.15) is 10.8 Å². The number of hydrogen-bond acceptors (Lipinski definition) is 2. The van der Waals surface area contributed by atoms with Crippen LogP contribution < -0.4 is 5.73 Å². The second-order valence-electron chi connectivity index (χ2n) is 5.34. The average Bonchev–Trinajstić information content (AvgIpc) is 2.56. The van der Waals surface area contributed by atoms with Crippen LogP contribution in [0.5, 0.6) is 0 Å². The summed E-state index contributed by atoms with van der Waals surface area (Å²) in [6.07, 6.45) is 0. The van der Waals surface area contributed by atoms with Crippen LogP contribution in [0.15, 0.2) is 71.6 Å². The molecule has 0 aromatic heterocycles. The molecule has 0 aliphatic heterocycles. The fraction of sp³-hybridized carbons (Fsp3) is 0.111. The van der Waals surface area contributed by atoms with Gasteiger partial charge in [-0.05, 0) is 40.6 Å². The molecule has 0 spiro atoms. The lowest BCUT2D eigenvalue weighted by Crippen LogP contribution is -2.54. The largest absolute Gasteiger partial charge is 0.356 e. The van der Waals surface area contributed by atoms with Crippen LogP contribution in [-0.4, -0.2) is 15.0 Å². The summed E-state index contributed by atoms with van der Waals surface area (Å²) in [6.45, 7) is 0.202. The summed E-state index contributed by atoms with van der Waals surface area (Å²) in [5.74, 6) is -0.458. The Morgan fingerprint density at radius 1 is 0.913 bits per heavy atom. The lowest BCUT2D eigenvalue weighted by Gasteiger charge is -2.17. The van der Waals surface area contributed by atoms with Gasteiger partial charge < -0.3 is 5.73 Å². The van der Waals surface area contributed by atoms with E-state index in [0.717, 1.165) is 28.5 Å². The van der Waals surface area contributed by atoms with Gasteiger partial charge in [-0.25, -0.2) is 12.8 Å². The molecule has 0 amide bonds. The standard InChI is InChI=1S/C18H16FNO2S/c19-14-8-10-15(11-9-14)23(21,22)18(12-20)17-7-3-5-13-4-1-2-6-16(13)17/h1-11,18H,12,20H2/p+1/t18-/m1/s1. The quantitative estimate of drug-likeness (QED) is 0.748. The van der Waals surface area contributed by atoms with Crippen LogP contribution in [0.4, 0.5) is 4.39 Å². The third-order valence-corrected chi connectivity index (χ3v) is 6.12. The van der Waals surface area contributed by atoms with Crippen LogP contribution in [0.3, 0.4) is 0 Å². The van der Waals surface area contributed by atoms with Gasteiger partial charge in [-0.15, -0.1) is 0 Å². The van der Waals surface area contributed by atoms with Gasteiger partial charge in [-0.2, -0.15) is 0 Å². The summed E-state index contributed by atoms with van der Waals surface area (Å²) in [5.41, 5.74) is 4.55. The average molecular weight is 330 g/mol. The predicted octanol–water partition coefficient (Wildman–Crippen LogP) is 2.74. The Bertz CT molecular complexity index is 931. The second-order valence-corrected chi connectivity index (χ2v) is 7.48. The minimum absolute atomic E-state index is 0.112. The first-order valence-electron chi connectivity index (χ1n) is 7.30. The van der Waals surface area contributed by atoms with Crippen molar-refractivity contribution in [2.24, 2.45) is 0 Å². The van der Waals surface area contributed by atoms with Crippen molar-refractivity contribution in [3.8, 4) is 0 Å². The van der Waals surface area contributed by atoms with Crippen molar-refractivity contribution < 1.29 is 18.5 Å². The number of hydrogen-bond donors (Lipinski definition) is 1. The molecule has 3 nitrogen and oxygen atoms in total. The molecule has 3 rings (SSSR count). The summed E-state index contributed by atoms with van der Waals surface area (Å²) < 4.78 is 39.0. The van der Waals surface area contributed by atoms with E-state index in [1.54, 1.807) is 0 Å². The molecule has 0 saturated heterocycles. The molecule has 118 valence electrons. The van der Waals surface area contributed by atoms with Gasteiger partial charge in [0.25, 0.3) is 0 Å². The first-order valence-corrected chi connectivity index (χ1v) is 8.85. The minimum Gasteiger partial charge on any atom is -0.356 e. The lowest BCUT2D eigenvalue weighted by molar-refractivity contribution is -0.367. The maximum Gasteiger partial charge on any atom is 0.190 e. The molecule has 0 fully saturated rings. The second kappa shape index (κ2) is 6.10. The number of sulfone groups is 1. The van der Waals surface area contributed by atoms with Crippen LogP contribution >= 0.6 is 0 Å². The van der Waals surface area contributed by atoms with Gasteiger partial charge in [0.2, 0.25) is 0 Å². The van der Waals surface area contributed by atoms with E-state index >= 15 is 0 Å². The number of fused-ring (bicyclic) bond motifs is 1. The predicted molar refractivity (Wildman–Crippen MR) is 88.0 cm³/mol. The SMILES string of the molecule is [NH3+]C[C@H](c1cccc2ccccc12)S(=O)(=O)c1ccc(F)cc1. The summed E-state index contributed by atoms with van der Waals surface area (Å²) in [5, 5.41) is 1.12. The van der Waals surface area contributed by atoms with Crippen molar-refractivity contribution in [2.75, 3.05) is 6.54 Å². The molecular formula is C18H17FNO2S+. The van der Waals surface area contributed by atoms with Crippen molar-refractivity contribution in [2.45, 2.75) is 10.1 Å². The van der Waals surface area contributed by atoms with Crippen LogP contribution in [0, 0.1) is 5.82 Å². The fourth-order valence-electron chi connectivity index (χ4n) is 2.80. The molecule has 0 saturated carbocycles. The highest BCUT2D eigenvalue weighted by atomic mass is 32.2. The van der Waals surface area contributed by atoms with E-state index in [1.807, 2.05) is 42.5 Å². The Balaban J connectivity index is 2.17. The van der Waals surface area contributed by atoms with E-state index < -0.39 is 20.9 Å². The Kier molecular flexibility index (Phi) is 4.15. The third-order valence-electron chi connectivity index (χ3n) is 3.95. The first kappa shape index (κ1) is 15.6. The number of rotatable bonds is 4. The highest BCUT2D eigenvalue weighted by Gasteiger charge is 2.30. The van der Waals surface area contributed by atoms with Gasteiger partial charge in [0.05, 0.1) is 11.4 Å². The van der Waals surface area contributed by atoms with E-state index in [-0.39, 0.29) is 11.4 Å². The topological polar surface area (TPSA) is 61.8 Å². The molecule has 3 N–H and O–H groups in total. The Morgan fingerprint density at radius 3 is 2.26 bits per heavy atom. The number of benzene rings is 3. The highest BCUT2D eigenvalue weighted by molar-refractivity contribution is 7.91. The van der Waals surface area contributed by atoms with Crippen molar-refractivity contribution in [1.29, 1.82) is 0 Å². The molecule has 0 heterocycles. The Labute approximate surface area is 134 Å². The van der Waals surface area contributed by atoms with Crippen LogP contribution in [0.25, 0.3) is 10.8 Å². The van der Waals surface area contributed by atoms with Crippen LogP contribution in [0.2, 0.25) is 0 Å². The van der Waals surface area contributed by atoms with E-state index in [4.69, 9.17) is 0 Å². The van der Waals surface area contributed by atoms with E-state index in [1.165, 1.54) is 12.1 Å². The van der Waals surface area contributed by atoms with Crippen molar-refractivity contribution in [3.63, 3.8) is 0 Å². The molecule has 0 unspecified atom stereocenters. The van der Waals surface area contributed by atoms with Gasteiger partial charge in [-0.3, -0.25) is 0 Å². The van der Waals surface area contributed by atoms with Gasteiger partial charge in [0.15, 0.2) is 9.84 Å². The van der Waals surface area contributed by atoms with E-state index in [0.29, 0.717) is 0 Å². The Morgan fingerprint density at radius 2 is 1.57 bits per heavy atom. The number of halogens is 1. The molecule has 0 bridgehead atoms. The first-order chi connectivity index (χ1) is 11.0. The van der Waals surface area contributed by atoms with Gasteiger partial charge >= 0.3 is 0 Å². The van der Waals surface area contributed by atoms with E-state index in [9.17, 15) is 12.8 Å². The zero-order chi connectivity index (χ0) is 16.4. The van der Waals surface area contributed by atoms with Gasteiger partial charge in [0, 0.05) is 0 Å². The molecule has 1 atom stereocenters. The summed E-state index contributed by atoms with van der Waals surface area (Å²) in [6, 6.07) is 18.2. The van der Waals surface area contributed by atoms with Crippen LogP contribution in [-0.2, 0) is 9.84 Å². The molecule has 0 aliphatic rings. The Hall–Kier alpha value is -2.24. The van der Waals surface area contributed by atoms with Gasteiger partial charge in [-0.1, -0.05) is 42.5 Å². The maximum absolute atomic E-state index is 13.1. The smallest absolute Gasteiger partial charge is 0.190 e. The molecule has 3 aromatic carbocycles. The molecule has 23 heavy (non-hydrogen) atoms. The van der Waals surface area contributed by atoms with E-state index in [2.05, 4.69) is 5.73 Å². The zero-order valence-electron chi connectivity index (χ0n) is 12.4. The maximum atomic E-state index is 13.1. The summed E-state index contributed by atoms with van der Waals surface area (Å²) in [7, 11) is -3.64. The molecule has 0 radical (unpaired) electrons. The fourth-order valence-corrected chi connectivity index (χ4v) is 4.49. The normalized spacial score (nSPS) is 13.1. The molecular weight excluding hydrogens is 313 g/mol. The molecule has 3 aromatic rings. The molecule has 0 aliphatic carbocycles. The summed E-state index contributed by atoms with van der Waals surface area (Å²) in [4.78, 5) is 0.112. The zero-order valence-corrected chi connectivity index (χ0v) is 13.3. The van der Waals surface area contributed by atoms with Crippen molar-refractivity contribution >= 4 is 20.6 Å². The van der Waals surface area contributed by atoms with Crippen molar-refractivity contribution in [3.05, 3.63) is 78.1 Å². The molecule has 5 heteroatoms. The lowest BCUT2D eigenvalue weighted by atomic mass is 10.0. The van der Waals surface area contributed by atoms with Gasteiger partial charge in [0.1, 0.15) is 11.1 Å². The highest BCUT2D eigenvalue weighted by Crippen LogP contribution is 2.32. The van der Waals surface area contributed by atoms with Crippen molar-refractivity contribution in [1.82, 2.24) is 0 Å². The summed E-state index contributed by atoms with van der Waals surface area (Å²) >= 11 is 0. The monoisotopic (exact) mass is 330 g/mol. The minimum atomic E-state index is -3.64.